The van der Waals surface area contributed by atoms with Crippen molar-refractivity contribution in [2.24, 2.45) is 5.73 Å². The molecule has 0 atom stereocenters. The zero-order valence-corrected chi connectivity index (χ0v) is 15.4. The SMILES string of the molecule is Cc1sc(Br)cc1S(=O)(=O)N(C)c1ccccc1C(N)=S. The van der Waals surface area contributed by atoms with Crippen LogP contribution in [0.4, 0.5) is 5.69 Å². The van der Waals surface area contributed by atoms with E-state index in [2.05, 4.69) is 15.9 Å². The molecule has 0 aliphatic rings. The molecule has 0 saturated heterocycles. The lowest BCUT2D eigenvalue weighted by atomic mass is 10.2. The van der Waals surface area contributed by atoms with Crippen LogP contribution in [0.2, 0.25) is 0 Å². The Morgan fingerprint density at radius 1 is 1.38 bits per heavy atom. The van der Waals surface area contributed by atoms with Gasteiger partial charge in [-0.1, -0.05) is 24.4 Å². The predicted octanol–water partition coefficient (Wildman–Crippen LogP) is 3.28. The van der Waals surface area contributed by atoms with Gasteiger partial charge in [-0.15, -0.1) is 11.3 Å². The summed E-state index contributed by atoms with van der Waals surface area (Å²) >= 11 is 9.68. The molecule has 2 N–H and O–H groups in total. The fraction of sp³-hybridized carbons (Fsp3) is 0.154. The molecule has 2 aromatic rings. The molecule has 0 saturated carbocycles. The number of anilines is 1. The summed E-state index contributed by atoms with van der Waals surface area (Å²) in [7, 11) is -2.16. The number of hydrogen-bond donors (Lipinski definition) is 1. The van der Waals surface area contributed by atoms with Gasteiger partial charge in [0.15, 0.2) is 0 Å². The third kappa shape index (κ3) is 3.13. The van der Waals surface area contributed by atoms with Crippen molar-refractivity contribution in [3.8, 4) is 0 Å². The fourth-order valence-corrected chi connectivity index (χ4v) is 5.69. The minimum atomic E-state index is -3.66. The topological polar surface area (TPSA) is 63.4 Å². The van der Waals surface area contributed by atoms with Gasteiger partial charge in [-0.25, -0.2) is 8.42 Å². The van der Waals surface area contributed by atoms with E-state index >= 15 is 0 Å². The Hall–Kier alpha value is -0.960. The van der Waals surface area contributed by atoms with Crippen molar-refractivity contribution in [3.63, 3.8) is 0 Å². The van der Waals surface area contributed by atoms with E-state index in [4.69, 9.17) is 18.0 Å². The number of rotatable bonds is 4. The molecule has 1 aromatic heterocycles. The van der Waals surface area contributed by atoms with Gasteiger partial charge in [-0.2, -0.15) is 0 Å². The Balaban J connectivity index is 2.56. The highest BCUT2D eigenvalue weighted by Gasteiger charge is 2.26. The van der Waals surface area contributed by atoms with Gasteiger partial charge >= 0.3 is 0 Å². The first-order valence-corrected chi connectivity index (χ1v) is 9.34. The summed E-state index contributed by atoms with van der Waals surface area (Å²) in [6.07, 6.45) is 0. The molecule has 0 aliphatic heterocycles. The average molecular weight is 405 g/mol. The lowest BCUT2D eigenvalue weighted by Gasteiger charge is -2.21. The molecule has 0 spiro atoms. The molecule has 2 rings (SSSR count). The van der Waals surface area contributed by atoms with Crippen LogP contribution in [0, 0.1) is 6.92 Å². The number of nitrogens with two attached hydrogens (primary N) is 1. The maximum atomic E-state index is 12.8. The predicted molar refractivity (Wildman–Crippen MR) is 94.7 cm³/mol. The minimum Gasteiger partial charge on any atom is -0.389 e. The van der Waals surface area contributed by atoms with Crippen molar-refractivity contribution < 1.29 is 8.42 Å². The summed E-state index contributed by atoms with van der Waals surface area (Å²) < 4.78 is 27.5. The third-order valence-electron chi connectivity index (χ3n) is 2.99. The van der Waals surface area contributed by atoms with Crippen molar-refractivity contribution in [1.29, 1.82) is 0 Å². The maximum Gasteiger partial charge on any atom is 0.265 e. The highest BCUT2D eigenvalue weighted by atomic mass is 79.9. The van der Waals surface area contributed by atoms with Crippen LogP contribution >= 0.6 is 39.5 Å². The van der Waals surface area contributed by atoms with Gasteiger partial charge in [0.25, 0.3) is 10.0 Å². The minimum absolute atomic E-state index is 0.163. The summed E-state index contributed by atoms with van der Waals surface area (Å²) in [4.78, 5) is 1.16. The van der Waals surface area contributed by atoms with E-state index in [0.717, 1.165) is 8.66 Å². The highest BCUT2D eigenvalue weighted by molar-refractivity contribution is 9.11. The number of thiophene rings is 1. The van der Waals surface area contributed by atoms with Crippen LogP contribution in [-0.2, 0) is 10.0 Å². The molecule has 0 bridgehead atoms. The van der Waals surface area contributed by atoms with Crippen LogP contribution in [0.3, 0.4) is 0 Å². The normalized spacial score (nSPS) is 11.4. The second-order valence-electron chi connectivity index (χ2n) is 4.32. The molecule has 0 radical (unpaired) electrons. The fourth-order valence-electron chi connectivity index (χ4n) is 1.92. The zero-order valence-electron chi connectivity index (χ0n) is 11.3. The number of aryl methyl sites for hydroxylation is 1. The summed E-state index contributed by atoms with van der Waals surface area (Å²) in [5, 5.41) is 0. The highest BCUT2D eigenvalue weighted by Crippen LogP contribution is 2.33. The summed E-state index contributed by atoms with van der Waals surface area (Å²) in [6.45, 7) is 1.77. The Morgan fingerprint density at radius 3 is 2.52 bits per heavy atom. The quantitative estimate of drug-likeness (QED) is 0.793. The Bertz CT molecular complexity index is 799. The molecule has 0 amide bonds. The first-order valence-electron chi connectivity index (χ1n) is 5.89. The van der Waals surface area contributed by atoms with E-state index in [1.807, 2.05) is 0 Å². The molecule has 112 valence electrons. The van der Waals surface area contributed by atoms with Crippen LogP contribution in [0.25, 0.3) is 0 Å². The van der Waals surface area contributed by atoms with E-state index in [-0.39, 0.29) is 9.88 Å². The van der Waals surface area contributed by atoms with Crippen LogP contribution in [0.5, 0.6) is 0 Å². The Morgan fingerprint density at radius 2 is 2.00 bits per heavy atom. The molecule has 4 nitrogen and oxygen atoms in total. The number of para-hydroxylation sites is 1. The van der Waals surface area contributed by atoms with Crippen LogP contribution in [0.1, 0.15) is 10.4 Å². The van der Waals surface area contributed by atoms with Gasteiger partial charge in [0.05, 0.1) is 9.47 Å². The third-order valence-corrected chi connectivity index (χ3v) is 6.79. The number of hydrogen-bond acceptors (Lipinski definition) is 4. The number of nitrogens with zero attached hydrogens (tertiary/aromatic N) is 1. The van der Waals surface area contributed by atoms with E-state index in [1.54, 1.807) is 37.3 Å². The molecule has 0 fully saturated rings. The largest absolute Gasteiger partial charge is 0.389 e. The lowest BCUT2D eigenvalue weighted by Crippen LogP contribution is -2.29. The van der Waals surface area contributed by atoms with E-state index in [0.29, 0.717) is 11.3 Å². The Labute approximate surface area is 141 Å². The number of benzene rings is 1. The van der Waals surface area contributed by atoms with Crippen molar-refractivity contribution in [2.45, 2.75) is 11.8 Å². The van der Waals surface area contributed by atoms with E-state index in [1.165, 1.54) is 22.7 Å². The first-order chi connectivity index (χ1) is 9.75. The second kappa shape index (κ2) is 6.04. The first kappa shape index (κ1) is 16.4. The zero-order chi connectivity index (χ0) is 15.8. The van der Waals surface area contributed by atoms with Crippen LogP contribution < -0.4 is 10.0 Å². The number of thiocarbonyl (C=S) groups is 1. The van der Waals surface area contributed by atoms with Crippen molar-refractivity contribution >= 4 is 60.2 Å². The maximum absolute atomic E-state index is 12.8. The summed E-state index contributed by atoms with van der Waals surface area (Å²) in [5.41, 5.74) is 6.67. The molecular weight excluding hydrogens is 392 g/mol. The molecule has 21 heavy (non-hydrogen) atoms. The van der Waals surface area contributed by atoms with Crippen LogP contribution in [-0.4, -0.2) is 20.5 Å². The number of halogens is 1. The molecule has 8 heteroatoms. The second-order valence-corrected chi connectivity index (χ2v) is 9.34. The van der Waals surface area contributed by atoms with E-state index < -0.39 is 10.0 Å². The van der Waals surface area contributed by atoms with Gasteiger partial charge in [-0.3, -0.25) is 4.31 Å². The molecule has 1 aromatic carbocycles. The monoisotopic (exact) mass is 404 g/mol. The molecular formula is C13H13BrN2O2S3. The summed E-state index contributed by atoms with van der Waals surface area (Å²) in [5.74, 6) is 0. The van der Waals surface area contributed by atoms with Gasteiger partial charge < -0.3 is 5.73 Å². The van der Waals surface area contributed by atoms with Gasteiger partial charge in [0.2, 0.25) is 0 Å². The standard InChI is InChI=1S/C13H13BrN2O2S3/c1-8-11(7-12(14)20-8)21(17,18)16(2)10-6-4-3-5-9(10)13(15)19/h3-7H,1-2H3,(H2,15,19). The summed E-state index contributed by atoms with van der Waals surface area (Å²) in [6, 6.07) is 8.52. The van der Waals surface area contributed by atoms with Gasteiger partial charge in [0, 0.05) is 17.5 Å². The van der Waals surface area contributed by atoms with Crippen molar-refractivity contribution in [2.75, 3.05) is 11.4 Å². The van der Waals surface area contributed by atoms with Crippen LogP contribution in [0.15, 0.2) is 39.0 Å². The van der Waals surface area contributed by atoms with Gasteiger partial charge in [0.1, 0.15) is 9.88 Å². The molecule has 0 aliphatic carbocycles. The molecule has 1 heterocycles. The number of sulfonamides is 1. The molecule has 0 unspecified atom stereocenters. The van der Waals surface area contributed by atoms with Crippen molar-refractivity contribution in [1.82, 2.24) is 0 Å². The lowest BCUT2D eigenvalue weighted by molar-refractivity contribution is 0.594. The smallest absolute Gasteiger partial charge is 0.265 e. The Kier molecular flexibility index (Phi) is 4.72. The average Bonchev–Trinajstić information content (AvgIpc) is 2.77. The van der Waals surface area contributed by atoms with Crippen molar-refractivity contribution in [3.05, 3.63) is 44.6 Å². The van der Waals surface area contributed by atoms with E-state index in [9.17, 15) is 8.42 Å². The van der Waals surface area contributed by atoms with Gasteiger partial charge in [-0.05, 0) is 41.1 Å².